The van der Waals surface area contributed by atoms with Gasteiger partial charge in [-0.2, -0.15) is 0 Å². The highest BCUT2D eigenvalue weighted by atomic mass is 16.5. The molecule has 1 atom stereocenters. The third-order valence-electron chi connectivity index (χ3n) is 5.37. The van der Waals surface area contributed by atoms with Gasteiger partial charge in [-0.05, 0) is 42.2 Å². The lowest BCUT2D eigenvalue weighted by Crippen LogP contribution is -2.43. The number of carbonyl (C=O) groups is 1. The van der Waals surface area contributed by atoms with Crippen molar-refractivity contribution in [1.82, 2.24) is 15.2 Å². The van der Waals surface area contributed by atoms with Gasteiger partial charge in [0.2, 0.25) is 5.91 Å². The van der Waals surface area contributed by atoms with Crippen LogP contribution in [0.4, 0.5) is 5.69 Å². The zero-order valence-electron chi connectivity index (χ0n) is 17.5. The van der Waals surface area contributed by atoms with E-state index in [2.05, 4.69) is 50.4 Å². The number of morpholine rings is 1. The van der Waals surface area contributed by atoms with Gasteiger partial charge in [0.25, 0.3) is 0 Å². The highest BCUT2D eigenvalue weighted by Crippen LogP contribution is 2.24. The number of nitrogens with zero attached hydrogens (tertiary/aromatic N) is 3. The lowest BCUT2D eigenvalue weighted by Gasteiger charge is -2.35. The van der Waals surface area contributed by atoms with E-state index in [-0.39, 0.29) is 11.9 Å². The summed E-state index contributed by atoms with van der Waals surface area (Å²) >= 11 is 0. The van der Waals surface area contributed by atoms with Crippen LogP contribution >= 0.6 is 0 Å². The van der Waals surface area contributed by atoms with Crippen molar-refractivity contribution >= 4 is 11.6 Å². The van der Waals surface area contributed by atoms with Gasteiger partial charge >= 0.3 is 0 Å². The van der Waals surface area contributed by atoms with Crippen LogP contribution in [0.25, 0.3) is 0 Å². The summed E-state index contributed by atoms with van der Waals surface area (Å²) in [5.41, 5.74) is 3.58. The van der Waals surface area contributed by atoms with E-state index in [0.29, 0.717) is 13.0 Å². The number of aromatic nitrogens is 1. The number of aryl methyl sites for hydroxylation is 1. The molecule has 1 unspecified atom stereocenters. The Hall–Kier alpha value is -2.44. The maximum atomic E-state index is 12.4. The van der Waals surface area contributed by atoms with Crippen molar-refractivity contribution in [3.63, 3.8) is 0 Å². The van der Waals surface area contributed by atoms with Crippen LogP contribution in [-0.2, 0) is 16.0 Å². The van der Waals surface area contributed by atoms with Crippen molar-refractivity contribution in [3.05, 3.63) is 59.9 Å². The molecule has 0 bridgehead atoms. The molecule has 0 radical (unpaired) electrons. The summed E-state index contributed by atoms with van der Waals surface area (Å²) in [7, 11) is 4.08. The van der Waals surface area contributed by atoms with Crippen LogP contribution < -0.4 is 10.2 Å². The molecule has 6 heteroatoms. The fourth-order valence-corrected chi connectivity index (χ4v) is 3.64. The molecular formula is C23H32N4O2. The summed E-state index contributed by atoms with van der Waals surface area (Å²) in [6.07, 6.45) is 5.87. The fraction of sp³-hybridized carbons (Fsp3) is 0.478. The lowest BCUT2D eigenvalue weighted by atomic mass is 10.0. The number of anilines is 1. The smallest absolute Gasteiger partial charge is 0.220 e. The Morgan fingerprint density at radius 3 is 2.62 bits per heavy atom. The largest absolute Gasteiger partial charge is 0.379 e. The number of hydrogen-bond acceptors (Lipinski definition) is 5. The summed E-state index contributed by atoms with van der Waals surface area (Å²) in [6.45, 7) is 3.87. The Labute approximate surface area is 173 Å². The minimum atomic E-state index is 0.108. The molecule has 156 valence electrons. The number of ether oxygens (including phenoxy) is 1. The van der Waals surface area contributed by atoms with Gasteiger partial charge in [0.05, 0.1) is 19.3 Å². The van der Waals surface area contributed by atoms with E-state index >= 15 is 0 Å². The first-order valence-corrected chi connectivity index (χ1v) is 10.4. The molecule has 0 saturated carbocycles. The highest BCUT2D eigenvalue weighted by Gasteiger charge is 2.23. The first-order chi connectivity index (χ1) is 14.1. The van der Waals surface area contributed by atoms with E-state index in [1.807, 2.05) is 26.4 Å². The minimum Gasteiger partial charge on any atom is -0.379 e. The van der Waals surface area contributed by atoms with Gasteiger partial charge in [-0.15, -0.1) is 0 Å². The minimum absolute atomic E-state index is 0.108. The summed E-state index contributed by atoms with van der Waals surface area (Å²) in [4.78, 5) is 21.0. The molecule has 6 nitrogen and oxygen atoms in total. The van der Waals surface area contributed by atoms with E-state index in [0.717, 1.165) is 39.1 Å². The zero-order chi connectivity index (χ0) is 20.5. The van der Waals surface area contributed by atoms with Crippen LogP contribution in [0.2, 0.25) is 0 Å². The van der Waals surface area contributed by atoms with Gasteiger partial charge in [-0.25, -0.2) is 0 Å². The van der Waals surface area contributed by atoms with Crippen molar-refractivity contribution in [1.29, 1.82) is 0 Å². The van der Waals surface area contributed by atoms with Crippen LogP contribution in [0.15, 0.2) is 48.8 Å². The van der Waals surface area contributed by atoms with E-state index in [4.69, 9.17) is 4.74 Å². The van der Waals surface area contributed by atoms with E-state index in [1.165, 1.54) is 16.8 Å². The maximum Gasteiger partial charge on any atom is 0.220 e. The van der Waals surface area contributed by atoms with Crippen molar-refractivity contribution in [2.45, 2.75) is 25.3 Å². The maximum absolute atomic E-state index is 12.4. The van der Waals surface area contributed by atoms with Crippen LogP contribution in [0.1, 0.15) is 30.0 Å². The van der Waals surface area contributed by atoms with Gasteiger partial charge in [0, 0.05) is 58.2 Å². The summed E-state index contributed by atoms with van der Waals surface area (Å²) in [5.74, 6) is 0.108. The Bertz CT molecular complexity index is 743. The molecule has 1 aliphatic heterocycles. The first kappa shape index (κ1) is 21.3. The van der Waals surface area contributed by atoms with Gasteiger partial charge < -0.3 is 15.0 Å². The number of amides is 1. The molecule has 3 rings (SSSR count). The number of carbonyl (C=O) groups excluding carboxylic acids is 1. The molecular weight excluding hydrogens is 364 g/mol. The van der Waals surface area contributed by atoms with Gasteiger partial charge in [-0.3, -0.25) is 14.7 Å². The van der Waals surface area contributed by atoms with Crippen LogP contribution in [-0.4, -0.2) is 62.7 Å². The molecule has 0 aliphatic carbocycles. The predicted molar refractivity (Wildman–Crippen MR) is 116 cm³/mol. The van der Waals surface area contributed by atoms with Crippen LogP contribution in [0, 0.1) is 0 Å². The molecule has 0 spiro atoms. The van der Waals surface area contributed by atoms with E-state index in [1.54, 1.807) is 6.20 Å². The van der Waals surface area contributed by atoms with Gasteiger partial charge in [0.1, 0.15) is 0 Å². The first-order valence-electron chi connectivity index (χ1n) is 10.4. The molecule has 1 aromatic heterocycles. The Balaban J connectivity index is 1.55. The molecule has 2 heterocycles. The second-order valence-electron chi connectivity index (χ2n) is 7.67. The summed E-state index contributed by atoms with van der Waals surface area (Å²) in [5, 5.41) is 3.15. The van der Waals surface area contributed by atoms with Crippen LogP contribution in [0.5, 0.6) is 0 Å². The zero-order valence-corrected chi connectivity index (χ0v) is 17.5. The summed E-state index contributed by atoms with van der Waals surface area (Å²) < 4.78 is 5.52. The number of rotatable bonds is 9. The third kappa shape index (κ3) is 6.54. The molecule has 1 N–H and O–H groups in total. The normalized spacial score (nSPS) is 15.7. The van der Waals surface area contributed by atoms with Gasteiger partial charge in [-0.1, -0.05) is 18.2 Å². The third-order valence-corrected chi connectivity index (χ3v) is 5.37. The summed E-state index contributed by atoms with van der Waals surface area (Å²) in [6, 6.07) is 12.8. The van der Waals surface area contributed by atoms with Crippen LogP contribution in [0.3, 0.4) is 0 Å². The Kier molecular flexibility index (Phi) is 8.02. The number of pyridine rings is 1. The topological polar surface area (TPSA) is 57.7 Å². The highest BCUT2D eigenvalue weighted by molar-refractivity contribution is 5.75. The molecule has 1 amide bonds. The molecule has 29 heavy (non-hydrogen) atoms. The van der Waals surface area contributed by atoms with Crippen molar-refractivity contribution in [2.75, 3.05) is 51.8 Å². The van der Waals surface area contributed by atoms with E-state index in [9.17, 15) is 4.79 Å². The standard InChI is InChI=1S/C23H32N4O2/c1-26(2)21-10-8-20(9-11-21)22(27-13-15-29-16-14-27)18-25-23(28)7-3-5-19-6-4-12-24-17-19/h4,6,8-12,17,22H,3,5,7,13-16,18H2,1-2H3,(H,25,28). The Morgan fingerprint density at radius 2 is 1.97 bits per heavy atom. The van der Waals surface area contributed by atoms with Crippen molar-refractivity contribution < 1.29 is 9.53 Å². The predicted octanol–water partition coefficient (Wildman–Crippen LogP) is 2.66. The quantitative estimate of drug-likeness (QED) is 0.706. The Morgan fingerprint density at radius 1 is 1.21 bits per heavy atom. The second kappa shape index (κ2) is 10.9. The average Bonchev–Trinajstić information content (AvgIpc) is 2.76. The molecule has 2 aromatic rings. The SMILES string of the molecule is CN(C)c1ccc(C(CNC(=O)CCCc2cccnc2)N2CCOCC2)cc1. The van der Waals surface area contributed by atoms with Crippen molar-refractivity contribution in [3.8, 4) is 0 Å². The van der Waals surface area contributed by atoms with Crippen molar-refractivity contribution in [2.24, 2.45) is 0 Å². The van der Waals surface area contributed by atoms with Gasteiger partial charge in [0.15, 0.2) is 0 Å². The molecule has 1 aliphatic rings. The van der Waals surface area contributed by atoms with E-state index < -0.39 is 0 Å². The fourth-order valence-electron chi connectivity index (χ4n) is 3.64. The average molecular weight is 397 g/mol. The molecule has 1 fully saturated rings. The second-order valence-corrected chi connectivity index (χ2v) is 7.67. The number of hydrogen-bond donors (Lipinski definition) is 1. The number of nitrogens with one attached hydrogen (secondary N) is 1. The monoisotopic (exact) mass is 396 g/mol. The molecule has 1 aromatic carbocycles. The lowest BCUT2D eigenvalue weighted by molar-refractivity contribution is -0.121. The number of benzene rings is 1. The molecule has 1 saturated heterocycles.